The summed E-state index contributed by atoms with van der Waals surface area (Å²) in [6.45, 7) is 1.93. The number of hydrogen-bond donors (Lipinski definition) is 0. The van der Waals surface area contributed by atoms with Gasteiger partial charge in [-0.05, 0) is 24.1 Å². The average Bonchev–Trinajstić information content (AvgIpc) is 1.95. The molecule has 53 valence electrons. The maximum Gasteiger partial charge on any atom is 0.126 e. The van der Waals surface area contributed by atoms with Crippen molar-refractivity contribution >= 4 is 0 Å². The fraction of sp³-hybridized carbons (Fsp3) is 0.250. The molecule has 0 fully saturated rings. The van der Waals surface area contributed by atoms with E-state index in [9.17, 15) is 4.39 Å². The van der Waals surface area contributed by atoms with Gasteiger partial charge < -0.3 is 0 Å². The minimum absolute atomic E-state index is 0.197. The Morgan fingerprint density at radius 2 is 2.20 bits per heavy atom. The zero-order valence-electron chi connectivity index (χ0n) is 5.82. The Kier molecular flexibility index (Phi) is 2.02. The van der Waals surface area contributed by atoms with E-state index in [4.69, 9.17) is 5.73 Å². The zero-order valence-corrected chi connectivity index (χ0v) is 5.82. The number of aryl methyl sites for hydroxylation is 1. The van der Waals surface area contributed by atoms with Crippen molar-refractivity contribution in [3.05, 3.63) is 35.1 Å². The predicted molar refractivity (Wildman–Crippen MR) is 37.9 cm³/mol. The molecule has 1 aromatic rings. The third-order valence-corrected chi connectivity index (χ3v) is 1.43. The molecule has 0 unspecified atom stereocenters. The summed E-state index contributed by atoms with van der Waals surface area (Å²) in [5.74, 6) is -0.197. The van der Waals surface area contributed by atoms with Crippen LogP contribution in [-0.4, -0.2) is 0 Å². The molecule has 1 aromatic carbocycles. The molecule has 0 saturated carbocycles. The standard InChI is InChI=1S/C8H9FN/c1-6-4-7(5-10)2-3-8(6)9/h2-4,10H,5H2,1H3. The summed E-state index contributed by atoms with van der Waals surface area (Å²) in [7, 11) is 0. The quantitative estimate of drug-likeness (QED) is 0.566. The molecule has 0 spiro atoms. The summed E-state index contributed by atoms with van der Waals surface area (Å²) in [6.07, 6.45) is 0. The molecule has 1 rings (SSSR count). The van der Waals surface area contributed by atoms with E-state index in [1.165, 1.54) is 6.07 Å². The van der Waals surface area contributed by atoms with Gasteiger partial charge in [0.2, 0.25) is 0 Å². The highest BCUT2D eigenvalue weighted by Crippen LogP contribution is 2.08. The van der Waals surface area contributed by atoms with E-state index in [-0.39, 0.29) is 12.4 Å². The minimum atomic E-state index is -0.197. The summed E-state index contributed by atoms with van der Waals surface area (Å²) in [6, 6.07) is 4.73. The van der Waals surface area contributed by atoms with Gasteiger partial charge >= 0.3 is 0 Å². The number of hydrogen-bond acceptors (Lipinski definition) is 0. The van der Waals surface area contributed by atoms with Crippen molar-refractivity contribution in [3.8, 4) is 0 Å². The molecular formula is C8H9FN. The average molecular weight is 138 g/mol. The third kappa shape index (κ3) is 1.33. The molecule has 0 heterocycles. The van der Waals surface area contributed by atoms with Crippen LogP contribution in [0.3, 0.4) is 0 Å². The van der Waals surface area contributed by atoms with Crippen molar-refractivity contribution in [2.24, 2.45) is 0 Å². The van der Waals surface area contributed by atoms with Crippen LogP contribution in [0.4, 0.5) is 4.39 Å². The van der Waals surface area contributed by atoms with Gasteiger partial charge in [-0.15, -0.1) is 0 Å². The minimum Gasteiger partial charge on any atom is -0.253 e. The van der Waals surface area contributed by atoms with Crippen LogP contribution in [-0.2, 0) is 6.54 Å². The second-order valence-electron chi connectivity index (χ2n) is 2.26. The number of nitrogens with one attached hydrogen (secondary N) is 1. The van der Waals surface area contributed by atoms with E-state index in [0.29, 0.717) is 5.56 Å². The fourth-order valence-electron chi connectivity index (χ4n) is 0.817. The highest BCUT2D eigenvalue weighted by Gasteiger charge is 1.95. The molecule has 1 N–H and O–H groups in total. The summed E-state index contributed by atoms with van der Waals surface area (Å²) >= 11 is 0. The first-order chi connectivity index (χ1) is 4.74. The monoisotopic (exact) mass is 138 g/mol. The predicted octanol–water partition coefficient (Wildman–Crippen LogP) is 1.92. The van der Waals surface area contributed by atoms with Gasteiger partial charge in [-0.1, -0.05) is 12.1 Å². The van der Waals surface area contributed by atoms with Crippen molar-refractivity contribution in [1.29, 1.82) is 0 Å². The molecule has 10 heavy (non-hydrogen) atoms. The second kappa shape index (κ2) is 2.80. The van der Waals surface area contributed by atoms with Gasteiger partial charge in [0.15, 0.2) is 0 Å². The fourth-order valence-corrected chi connectivity index (χ4v) is 0.817. The van der Waals surface area contributed by atoms with Gasteiger partial charge in [0.25, 0.3) is 0 Å². The van der Waals surface area contributed by atoms with Crippen molar-refractivity contribution in [2.45, 2.75) is 13.5 Å². The van der Waals surface area contributed by atoms with Crippen molar-refractivity contribution in [2.75, 3.05) is 0 Å². The van der Waals surface area contributed by atoms with Crippen LogP contribution >= 0.6 is 0 Å². The van der Waals surface area contributed by atoms with Gasteiger partial charge in [-0.3, -0.25) is 5.73 Å². The van der Waals surface area contributed by atoms with Crippen LogP contribution in [0.2, 0.25) is 0 Å². The van der Waals surface area contributed by atoms with E-state index < -0.39 is 0 Å². The summed E-state index contributed by atoms with van der Waals surface area (Å²) in [5, 5.41) is 0. The Bertz CT molecular complexity index is 233. The molecule has 2 heteroatoms. The first kappa shape index (κ1) is 7.22. The van der Waals surface area contributed by atoms with E-state index >= 15 is 0 Å². The Morgan fingerprint density at radius 1 is 1.50 bits per heavy atom. The lowest BCUT2D eigenvalue weighted by atomic mass is 10.1. The highest BCUT2D eigenvalue weighted by atomic mass is 19.1. The van der Waals surface area contributed by atoms with E-state index in [1.807, 2.05) is 0 Å². The first-order valence-electron chi connectivity index (χ1n) is 3.13. The molecule has 0 saturated heterocycles. The SMILES string of the molecule is Cc1cc(C[NH])ccc1F. The van der Waals surface area contributed by atoms with Crippen LogP contribution < -0.4 is 5.73 Å². The highest BCUT2D eigenvalue weighted by molar-refractivity contribution is 5.23. The molecule has 0 amide bonds. The number of benzene rings is 1. The molecule has 0 aliphatic heterocycles. The van der Waals surface area contributed by atoms with Crippen molar-refractivity contribution in [3.63, 3.8) is 0 Å². The summed E-state index contributed by atoms with van der Waals surface area (Å²) in [4.78, 5) is 0. The molecular weight excluding hydrogens is 129 g/mol. The molecule has 0 bridgehead atoms. The Labute approximate surface area is 59.7 Å². The van der Waals surface area contributed by atoms with Crippen LogP contribution in [0.25, 0.3) is 0 Å². The van der Waals surface area contributed by atoms with Gasteiger partial charge in [-0.2, -0.15) is 0 Å². The normalized spacial score (nSPS) is 9.90. The van der Waals surface area contributed by atoms with E-state index in [2.05, 4.69) is 0 Å². The van der Waals surface area contributed by atoms with Crippen molar-refractivity contribution < 1.29 is 4.39 Å². The molecule has 1 radical (unpaired) electrons. The maximum absolute atomic E-state index is 12.6. The molecule has 0 aliphatic rings. The smallest absolute Gasteiger partial charge is 0.126 e. The largest absolute Gasteiger partial charge is 0.253 e. The Balaban J connectivity index is 3.04. The topological polar surface area (TPSA) is 23.8 Å². The van der Waals surface area contributed by atoms with Gasteiger partial charge in [0, 0.05) is 6.54 Å². The molecule has 0 aliphatic carbocycles. The summed E-state index contributed by atoms with van der Waals surface area (Å²) in [5.41, 5.74) is 8.46. The van der Waals surface area contributed by atoms with Crippen molar-refractivity contribution in [1.82, 2.24) is 5.73 Å². The lowest BCUT2D eigenvalue weighted by Gasteiger charge is -1.97. The van der Waals surface area contributed by atoms with Crippen LogP contribution in [0, 0.1) is 12.7 Å². The first-order valence-corrected chi connectivity index (χ1v) is 3.13. The zero-order chi connectivity index (χ0) is 7.56. The number of halogens is 1. The Morgan fingerprint density at radius 3 is 2.70 bits per heavy atom. The molecule has 0 atom stereocenters. The van der Waals surface area contributed by atoms with E-state index in [0.717, 1.165) is 5.56 Å². The Hall–Kier alpha value is -0.890. The lowest BCUT2D eigenvalue weighted by molar-refractivity contribution is 0.617. The molecule has 0 aromatic heterocycles. The van der Waals surface area contributed by atoms with E-state index in [1.54, 1.807) is 19.1 Å². The van der Waals surface area contributed by atoms with Crippen LogP contribution in [0.5, 0.6) is 0 Å². The van der Waals surface area contributed by atoms with Crippen LogP contribution in [0.1, 0.15) is 11.1 Å². The lowest BCUT2D eigenvalue weighted by Crippen LogP contribution is -1.88. The molecule has 1 nitrogen and oxygen atoms in total. The van der Waals surface area contributed by atoms with Gasteiger partial charge in [0.05, 0.1) is 0 Å². The van der Waals surface area contributed by atoms with Gasteiger partial charge in [-0.25, -0.2) is 4.39 Å². The summed E-state index contributed by atoms with van der Waals surface area (Å²) < 4.78 is 12.6. The van der Waals surface area contributed by atoms with Gasteiger partial charge in [0.1, 0.15) is 5.82 Å². The van der Waals surface area contributed by atoms with Crippen LogP contribution in [0.15, 0.2) is 18.2 Å². The maximum atomic E-state index is 12.6. The second-order valence-corrected chi connectivity index (χ2v) is 2.26. The third-order valence-electron chi connectivity index (χ3n) is 1.43. The number of rotatable bonds is 1.